The third-order valence-corrected chi connectivity index (χ3v) is 12.4. The molecule has 0 aromatic carbocycles. The number of rotatable bonds is 1. The molecule has 0 spiro atoms. The zero-order valence-electron chi connectivity index (χ0n) is 21.4. The molecule has 5 rings (SSSR count). The van der Waals surface area contributed by atoms with Crippen molar-refractivity contribution in [3.05, 3.63) is 22.8 Å². The Morgan fingerprint density at radius 3 is 2.39 bits per heavy atom. The summed E-state index contributed by atoms with van der Waals surface area (Å²) in [6, 6.07) is 0. The third kappa shape index (κ3) is 2.74. The van der Waals surface area contributed by atoms with Crippen molar-refractivity contribution in [3.63, 3.8) is 0 Å². The third-order valence-electron chi connectivity index (χ3n) is 12.4. The molecule has 0 aromatic heterocycles. The highest BCUT2D eigenvalue weighted by molar-refractivity contribution is 5.82. The van der Waals surface area contributed by atoms with Crippen LogP contribution in [0.5, 0.6) is 0 Å². The molecule has 5 aliphatic carbocycles. The lowest BCUT2D eigenvalue weighted by atomic mass is 9.35. The first-order valence-corrected chi connectivity index (χ1v) is 13.4. The summed E-state index contributed by atoms with van der Waals surface area (Å²) in [5.74, 6) is 0.765. The van der Waals surface area contributed by atoms with Crippen LogP contribution in [0, 0.1) is 45.3 Å². The van der Waals surface area contributed by atoms with Gasteiger partial charge in [0.15, 0.2) is 0 Å². The summed E-state index contributed by atoms with van der Waals surface area (Å²) >= 11 is 0. The van der Waals surface area contributed by atoms with Crippen LogP contribution in [0.2, 0.25) is 0 Å². The second kappa shape index (κ2) is 7.20. The van der Waals surface area contributed by atoms with Crippen LogP contribution in [-0.4, -0.2) is 33.5 Å². The average molecular weight is 457 g/mol. The Balaban J connectivity index is 1.65. The van der Waals surface area contributed by atoms with Crippen LogP contribution in [0.25, 0.3) is 0 Å². The van der Waals surface area contributed by atoms with Crippen molar-refractivity contribution in [2.75, 3.05) is 0 Å². The van der Waals surface area contributed by atoms with Crippen LogP contribution >= 0.6 is 0 Å². The Kier molecular flexibility index (Phi) is 5.15. The van der Waals surface area contributed by atoms with Crippen molar-refractivity contribution in [1.82, 2.24) is 0 Å². The number of hydrogen-bond acceptors (Lipinski definition) is 3. The van der Waals surface area contributed by atoms with Gasteiger partial charge in [-0.1, -0.05) is 46.3 Å². The smallest absolute Gasteiger partial charge is 0.314 e. The number of fused-ring (bicyclic) bond motifs is 7. The normalized spacial score (nSPS) is 53.9. The molecule has 4 heteroatoms. The fourth-order valence-corrected chi connectivity index (χ4v) is 9.95. The monoisotopic (exact) mass is 456 g/mol. The summed E-state index contributed by atoms with van der Waals surface area (Å²) in [7, 11) is 0. The maximum Gasteiger partial charge on any atom is 0.314 e. The van der Waals surface area contributed by atoms with Crippen LogP contribution < -0.4 is 0 Å². The molecule has 10 unspecified atom stereocenters. The van der Waals surface area contributed by atoms with Gasteiger partial charge in [0.1, 0.15) is 0 Å². The number of carboxylic acid groups (broad SMARTS) is 1. The van der Waals surface area contributed by atoms with Crippen LogP contribution in [0.15, 0.2) is 22.8 Å². The molecule has 5 aliphatic rings. The minimum atomic E-state index is -0.716. The van der Waals surface area contributed by atoms with Gasteiger partial charge in [-0.15, -0.1) is 0 Å². The molecule has 0 heterocycles. The predicted octanol–water partition coefficient (Wildman–Crippen LogP) is 5.73. The summed E-state index contributed by atoms with van der Waals surface area (Å²) in [6.45, 7) is 13.9. The van der Waals surface area contributed by atoms with Gasteiger partial charge >= 0.3 is 5.97 Å². The van der Waals surface area contributed by atoms with Gasteiger partial charge in [-0.2, -0.15) is 0 Å². The van der Waals surface area contributed by atoms with Gasteiger partial charge < -0.3 is 15.3 Å². The van der Waals surface area contributed by atoms with Gasteiger partial charge in [-0.3, -0.25) is 4.79 Å². The quantitative estimate of drug-likeness (QED) is 0.470. The Hall–Kier alpha value is -1.13. The van der Waals surface area contributed by atoms with Crippen molar-refractivity contribution in [2.24, 2.45) is 45.3 Å². The molecule has 10 atom stereocenters. The van der Waals surface area contributed by atoms with Crippen LogP contribution in [-0.2, 0) is 4.79 Å². The number of allylic oxidation sites excluding steroid dienone is 3. The Labute approximate surface area is 199 Å². The zero-order chi connectivity index (χ0) is 24.1. The average Bonchev–Trinajstić information content (AvgIpc) is 2.75. The second-order valence-electron chi connectivity index (χ2n) is 13.3. The first-order valence-electron chi connectivity index (χ1n) is 13.4. The van der Waals surface area contributed by atoms with Gasteiger partial charge in [0, 0.05) is 0 Å². The number of carboxylic acids is 1. The minimum absolute atomic E-state index is 0.0132. The number of carbonyl (C=O) groups is 1. The highest BCUT2D eigenvalue weighted by Gasteiger charge is 2.67. The SMILES string of the molecule is CC1=C2C3=CCC4C5(C)CC(O)C(O)C(C)C5CCC4(C)C3(C)CCC2(C(=O)O)CCC1C. The first kappa shape index (κ1) is 23.6. The Morgan fingerprint density at radius 1 is 1.03 bits per heavy atom. The van der Waals surface area contributed by atoms with Crippen molar-refractivity contribution in [1.29, 1.82) is 0 Å². The molecule has 3 saturated carbocycles. The molecular weight excluding hydrogens is 412 g/mol. The summed E-state index contributed by atoms with van der Waals surface area (Å²) in [5.41, 5.74) is 3.08. The van der Waals surface area contributed by atoms with Crippen molar-refractivity contribution in [3.8, 4) is 0 Å². The van der Waals surface area contributed by atoms with Gasteiger partial charge in [0.05, 0.1) is 17.6 Å². The zero-order valence-corrected chi connectivity index (χ0v) is 21.4. The van der Waals surface area contributed by atoms with E-state index in [4.69, 9.17) is 0 Å². The molecular formula is C29H44O4. The highest BCUT2D eigenvalue weighted by atomic mass is 16.4. The Morgan fingerprint density at radius 2 is 1.73 bits per heavy atom. The van der Waals surface area contributed by atoms with E-state index in [-0.39, 0.29) is 22.2 Å². The summed E-state index contributed by atoms with van der Waals surface area (Å²) in [5, 5.41) is 31.9. The van der Waals surface area contributed by atoms with E-state index < -0.39 is 23.6 Å². The fourth-order valence-electron chi connectivity index (χ4n) is 9.95. The molecule has 0 radical (unpaired) electrons. The van der Waals surface area contributed by atoms with Crippen LogP contribution in [0.1, 0.15) is 92.9 Å². The molecule has 0 aromatic rings. The van der Waals surface area contributed by atoms with E-state index >= 15 is 0 Å². The maximum atomic E-state index is 12.7. The van der Waals surface area contributed by atoms with E-state index in [1.165, 1.54) is 16.7 Å². The van der Waals surface area contributed by atoms with Crippen molar-refractivity contribution >= 4 is 5.97 Å². The van der Waals surface area contributed by atoms with Crippen LogP contribution in [0.3, 0.4) is 0 Å². The summed E-state index contributed by atoms with van der Waals surface area (Å²) in [6.07, 6.45) is 8.32. The number of aliphatic hydroxyl groups is 2. The highest BCUT2D eigenvalue weighted by Crippen LogP contribution is 2.74. The fraction of sp³-hybridized carbons (Fsp3) is 0.828. The number of aliphatic hydroxyl groups excluding tert-OH is 2. The van der Waals surface area contributed by atoms with Crippen molar-refractivity contribution in [2.45, 2.75) is 105 Å². The standard InChI is InChI=1S/C29H44O4/c1-16-9-12-29(25(32)33)14-13-27(5)20(23(29)17(16)2)7-8-22-26(4)15-21(30)24(31)18(3)19(26)10-11-28(22,27)6/h7,16,18-19,21-22,24,30-31H,8-15H2,1-6H3,(H,32,33). The van der Waals surface area contributed by atoms with E-state index in [0.29, 0.717) is 24.2 Å². The largest absolute Gasteiger partial charge is 0.481 e. The van der Waals surface area contributed by atoms with Gasteiger partial charge in [-0.25, -0.2) is 0 Å². The lowest BCUT2D eigenvalue weighted by Gasteiger charge is -2.69. The van der Waals surface area contributed by atoms with E-state index in [1.54, 1.807) is 0 Å². The van der Waals surface area contributed by atoms with E-state index in [0.717, 1.165) is 44.9 Å². The van der Waals surface area contributed by atoms with E-state index in [2.05, 4.69) is 47.6 Å². The molecule has 0 aliphatic heterocycles. The van der Waals surface area contributed by atoms with Gasteiger partial charge in [0.25, 0.3) is 0 Å². The lowest BCUT2D eigenvalue weighted by molar-refractivity contribution is -0.200. The Bertz CT molecular complexity index is 934. The van der Waals surface area contributed by atoms with Gasteiger partial charge in [0.2, 0.25) is 0 Å². The van der Waals surface area contributed by atoms with Crippen LogP contribution in [0.4, 0.5) is 0 Å². The van der Waals surface area contributed by atoms with Gasteiger partial charge in [-0.05, 0) is 109 Å². The summed E-state index contributed by atoms with van der Waals surface area (Å²) < 4.78 is 0. The molecule has 3 fully saturated rings. The van der Waals surface area contributed by atoms with Crippen molar-refractivity contribution < 1.29 is 20.1 Å². The molecule has 4 nitrogen and oxygen atoms in total. The maximum absolute atomic E-state index is 12.7. The number of aliphatic carboxylic acids is 1. The molecule has 3 N–H and O–H groups in total. The molecule has 184 valence electrons. The van der Waals surface area contributed by atoms with E-state index in [1.807, 2.05) is 0 Å². The molecule has 33 heavy (non-hydrogen) atoms. The topological polar surface area (TPSA) is 77.8 Å². The molecule has 0 amide bonds. The molecule has 0 bridgehead atoms. The summed E-state index contributed by atoms with van der Waals surface area (Å²) in [4.78, 5) is 12.7. The number of hydrogen-bond donors (Lipinski definition) is 3. The second-order valence-corrected chi connectivity index (χ2v) is 13.3. The minimum Gasteiger partial charge on any atom is -0.481 e. The first-order chi connectivity index (χ1) is 15.3. The lowest BCUT2D eigenvalue weighted by Crippen LogP contribution is -2.64. The predicted molar refractivity (Wildman–Crippen MR) is 129 cm³/mol. The molecule has 0 saturated heterocycles. The van der Waals surface area contributed by atoms with E-state index in [9.17, 15) is 20.1 Å².